The van der Waals surface area contributed by atoms with Crippen LogP contribution in [-0.4, -0.2) is 81.7 Å². The fraction of sp³-hybridized carbons (Fsp3) is 0.486. The van der Waals surface area contributed by atoms with Crippen molar-refractivity contribution in [2.75, 3.05) is 31.1 Å². The van der Waals surface area contributed by atoms with Gasteiger partial charge in [0, 0.05) is 69.2 Å². The van der Waals surface area contributed by atoms with Crippen LogP contribution in [0.5, 0.6) is 0 Å². The van der Waals surface area contributed by atoms with Gasteiger partial charge in [-0.3, -0.25) is 9.69 Å². The van der Waals surface area contributed by atoms with Gasteiger partial charge in [-0.15, -0.1) is 0 Å². The quantitative estimate of drug-likeness (QED) is 0.315. The lowest BCUT2D eigenvalue weighted by Gasteiger charge is -2.39. The van der Waals surface area contributed by atoms with E-state index in [0.29, 0.717) is 11.6 Å². The molecular weight excluding hydrogens is 609 g/mol. The number of halogens is 3. The monoisotopic (exact) mass is 650 g/mol. The topological polar surface area (TPSA) is 90.9 Å². The molecule has 0 bridgehead atoms. The Kier molecular flexibility index (Phi) is 9.41. The Morgan fingerprint density at radius 3 is 2.19 bits per heavy atom. The number of aromatic nitrogens is 2. The van der Waals surface area contributed by atoms with E-state index in [1.807, 2.05) is 11.0 Å². The third-order valence-electron chi connectivity index (χ3n) is 9.00. The van der Waals surface area contributed by atoms with Crippen LogP contribution in [-0.2, 0) is 11.3 Å². The van der Waals surface area contributed by atoms with Crippen molar-refractivity contribution in [3.05, 3.63) is 89.0 Å². The molecule has 3 heterocycles. The second-order valence-electron chi connectivity index (χ2n) is 13.8. The zero-order chi connectivity index (χ0) is 33.3. The van der Waals surface area contributed by atoms with Gasteiger partial charge in [0.25, 0.3) is 5.91 Å². The smallest absolute Gasteiger partial charge is 0.407 e. The van der Waals surface area contributed by atoms with Crippen LogP contribution < -0.4 is 10.2 Å². The number of alkyl carbamates (subject to hydrolysis) is 1. The Labute approximate surface area is 273 Å². The normalized spacial score (nSPS) is 20.7. The third kappa shape index (κ3) is 7.86. The maximum Gasteiger partial charge on any atom is 0.407 e. The lowest BCUT2D eigenvalue weighted by Crippen LogP contribution is -2.48. The molecule has 3 aromatic rings. The van der Waals surface area contributed by atoms with Crippen LogP contribution in [0.2, 0.25) is 0 Å². The molecule has 250 valence electrons. The maximum atomic E-state index is 14.9. The van der Waals surface area contributed by atoms with E-state index in [-0.39, 0.29) is 42.6 Å². The number of carbonyl (C=O) groups is 2. The third-order valence-corrected chi connectivity index (χ3v) is 9.00. The summed E-state index contributed by atoms with van der Waals surface area (Å²) < 4.78 is 48.3. The molecule has 12 heteroatoms. The molecule has 2 aliphatic heterocycles. The number of ether oxygens (including phenoxy) is 1. The van der Waals surface area contributed by atoms with Crippen molar-refractivity contribution in [1.29, 1.82) is 0 Å². The highest BCUT2D eigenvalue weighted by Gasteiger charge is 2.41. The van der Waals surface area contributed by atoms with Crippen molar-refractivity contribution >= 4 is 17.9 Å². The number of piperidine rings is 1. The fourth-order valence-corrected chi connectivity index (χ4v) is 6.63. The van der Waals surface area contributed by atoms with Gasteiger partial charge in [-0.2, -0.15) is 0 Å². The molecule has 1 saturated carbocycles. The summed E-state index contributed by atoms with van der Waals surface area (Å²) in [6.07, 6.45) is 6.06. The Morgan fingerprint density at radius 2 is 1.55 bits per heavy atom. The predicted molar refractivity (Wildman–Crippen MR) is 170 cm³/mol. The average molecular weight is 651 g/mol. The molecule has 0 spiro atoms. The van der Waals surface area contributed by atoms with E-state index in [1.165, 1.54) is 18.0 Å². The molecule has 6 rings (SSSR count). The molecule has 3 aliphatic rings. The minimum Gasteiger partial charge on any atom is -0.444 e. The van der Waals surface area contributed by atoms with E-state index in [1.54, 1.807) is 25.7 Å². The van der Waals surface area contributed by atoms with Crippen molar-refractivity contribution in [3.8, 4) is 0 Å². The zero-order valence-electron chi connectivity index (χ0n) is 27.0. The van der Waals surface area contributed by atoms with Gasteiger partial charge in [-0.25, -0.2) is 27.9 Å². The number of anilines is 1. The largest absolute Gasteiger partial charge is 0.444 e. The highest BCUT2D eigenvalue weighted by molar-refractivity contribution is 5.94. The molecule has 2 saturated heterocycles. The summed E-state index contributed by atoms with van der Waals surface area (Å²) in [7, 11) is 0. The van der Waals surface area contributed by atoms with Crippen LogP contribution >= 0.6 is 0 Å². The Balaban J connectivity index is 1.14. The highest BCUT2D eigenvalue weighted by atomic mass is 19.2. The molecule has 1 aromatic heterocycles. The fourth-order valence-electron chi connectivity index (χ4n) is 6.63. The molecule has 1 aliphatic carbocycles. The van der Waals surface area contributed by atoms with Crippen molar-refractivity contribution < 1.29 is 27.5 Å². The van der Waals surface area contributed by atoms with E-state index in [2.05, 4.69) is 44.5 Å². The number of benzene rings is 2. The van der Waals surface area contributed by atoms with Crippen molar-refractivity contribution in [1.82, 2.24) is 25.1 Å². The van der Waals surface area contributed by atoms with Gasteiger partial charge < -0.3 is 19.9 Å². The van der Waals surface area contributed by atoms with E-state index in [0.717, 1.165) is 51.4 Å². The van der Waals surface area contributed by atoms with Crippen LogP contribution in [0, 0.1) is 17.5 Å². The number of hydrogen-bond donors (Lipinski definition) is 1. The summed E-state index contributed by atoms with van der Waals surface area (Å²) in [6.45, 7) is 8.16. The minimum absolute atomic E-state index is 0.0749. The first-order valence-corrected chi connectivity index (χ1v) is 16.2. The summed E-state index contributed by atoms with van der Waals surface area (Å²) >= 11 is 0. The predicted octanol–water partition coefficient (Wildman–Crippen LogP) is 5.66. The first-order chi connectivity index (χ1) is 22.4. The molecule has 2 atom stereocenters. The highest BCUT2D eigenvalue weighted by Crippen LogP contribution is 2.35. The van der Waals surface area contributed by atoms with Crippen LogP contribution in [0.4, 0.5) is 23.9 Å². The van der Waals surface area contributed by atoms with E-state index < -0.39 is 41.1 Å². The molecule has 47 heavy (non-hydrogen) atoms. The second kappa shape index (κ2) is 13.5. The Morgan fingerprint density at radius 1 is 0.915 bits per heavy atom. The molecule has 1 N–H and O–H groups in total. The summed E-state index contributed by atoms with van der Waals surface area (Å²) in [5.41, 5.74) is 0.821. The van der Waals surface area contributed by atoms with Gasteiger partial charge >= 0.3 is 6.09 Å². The van der Waals surface area contributed by atoms with Gasteiger partial charge in [0.05, 0.1) is 11.6 Å². The van der Waals surface area contributed by atoms with E-state index in [4.69, 9.17) is 4.74 Å². The number of hydrogen-bond acceptors (Lipinski definition) is 7. The van der Waals surface area contributed by atoms with Crippen LogP contribution in [0.3, 0.4) is 0 Å². The first kappa shape index (κ1) is 32.7. The van der Waals surface area contributed by atoms with E-state index >= 15 is 0 Å². The Hall–Kier alpha value is -4.19. The number of carbonyl (C=O) groups excluding carboxylic acids is 2. The summed E-state index contributed by atoms with van der Waals surface area (Å²) in [5, 5.41) is 2.76. The molecular formula is C35H41F3N6O3. The van der Waals surface area contributed by atoms with Gasteiger partial charge in [0.15, 0.2) is 11.6 Å². The number of likely N-dealkylation sites (tertiary alicyclic amines) is 1. The molecule has 2 aromatic carbocycles. The summed E-state index contributed by atoms with van der Waals surface area (Å²) in [4.78, 5) is 41.6. The SMILES string of the molecule is CC(C)(C)OC(=O)NC1CN(c2ncc(C(=O)N(C3CC3)C3CCN(Cc4ccccc4)CC3)cn2)CC1c1cc(F)c(F)cc1F. The first-order valence-electron chi connectivity index (χ1n) is 16.2. The maximum absolute atomic E-state index is 14.9. The number of nitrogens with one attached hydrogen (secondary N) is 1. The minimum atomic E-state index is -1.29. The molecule has 2 amide bonds. The summed E-state index contributed by atoms with van der Waals surface area (Å²) in [6, 6.07) is 11.4. The lowest BCUT2D eigenvalue weighted by molar-refractivity contribution is 0.0502. The van der Waals surface area contributed by atoms with Crippen molar-refractivity contribution in [2.24, 2.45) is 0 Å². The van der Waals surface area contributed by atoms with Crippen molar-refractivity contribution in [3.63, 3.8) is 0 Å². The standard InChI is InChI=1S/C35H41F3N6O3/c1-35(2,3)47-34(46)41-31-21-43(20-27(31)26-15-29(37)30(38)16-28(26)36)33-39-17-23(18-40-33)32(45)44(24-9-10-24)25-11-13-42(14-12-25)19-22-7-5-4-6-8-22/h4-8,15-18,24-25,27,31H,9-14,19-21H2,1-3H3,(H,41,46). The van der Waals surface area contributed by atoms with E-state index in [9.17, 15) is 22.8 Å². The number of rotatable bonds is 8. The van der Waals surface area contributed by atoms with Crippen LogP contribution in [0.1, 0.15) is 73.9 Å². The van der Waals surface area contributed by atoms with Gasteiger partial charge in [-0.05, 0) is 63.6 Å². The van der Waals surface area contributed by atoms with Gasteiger partial charge in [0.2, 0.25) is 5.95 Å². The van der Waals surface area contributed by atoms with Crippen LogP contribution in [0.25, 0.3) is 0 Å². The molecule has 0 radical (unpaired) electrons. The van der Waals surface area contributed by atoms with Crippen LogP contribution in [0.15, 0.2) is 54.9 Å². The lowest BCUT2D eigenvalue weighted by atomic mass is 9.93. The van der Waals surface area contributed by atoms with Gasteiger partial charge in [-0.1, -0.05) is 30.3 Å². The molecule has 3 fully saturated rings. The van der Waals surface area contributed by atoms with Gasteiger partial charge in [0.1, 0.15) is 11.4 Å². The summed E-state index contributed by atoms with van der Waals surface area (Å²) in [5.74, 6) is -3.96. The number of nitrogens with zero attached hydrogens (tertiary/aromatic N) is 5. The average Bonchev–Trinajstić information content (AvgIpc) is 3.78. The number of amides is 2. The zero-order valence-corrected chi connectivity index (χ0v) is 27.0. The second-order valence-corrected chi connectivity index (χ2v) is 13.8. The van der Waals surface area contributed by atoms with Crippen molar-refractivity contribution in [2.45, 2.75) is 82.6 Å². The molecule has 9 nitrogen and oxygen atoms in total. The molecule has 2 unspecified atom stereocenters. The Bertz CT molecular complexity index is 1570.